The summed E-state index contributed by atoms with van der Waals surface area (Å²) in [6.07, 6.45) is -1.35. The molecule has 1 aromatic heterocycles. The molecule has 2 rings (SSSR count). The standard InChI is InChI=1S/C11H14F3N3O2S/c1-20(18,19)17-4-2-3-8(6-17)9-5-10(11(12,13)14)16-7-15-9/h5,7-8H,2-4,6H2,1H3/t8-/m1/s1. The van der Waals surface area contributed by atoms with E-state index in [0.717, 1.165) is 18.6 Å². The van der Waals surface area contributed by atoms with Crippen LogP contribution >= 0.6 is 0 Å². The first-order chi connectivity index (χ1) is 9.18. The Morgan fingerprint density at radius 1 is 1.35 bits per heavy atom. The average Bonchev–Trinajstić information content (AvgIpc) is 2.37. The minimum absolute atomic E-state index is 0.160. The Bertz CT molecular complexity index is 589. The molecular weight excluding hydrogens is 295 g/mol. The van der Waals surface area contributed by atoms with E-state index in [9.17, 15) is 21.6 Å². The van der Waals surface area contributed by atoms with E-state index in [1.807, 2.05) is 0 Å². The smallest absolute Gasteiger partial charge is 0.241 e. The van der Waals surface area contributed by atoms with Gasteiger partial charge < -0.3 is 0 Å². The Labute approximate surface area is 114 Å². The molecule has 5 nitrogen and oxygen atoms in total. The topological polar surface area (TPSA) is 63.2 Å². The van der Waals surface area contributed by atoms with Crippen LogP contribution in [-0.2, 0) is 16.2 Å². The molecule has 0 bridgehead atoms. The van der Waals surface area contributed by atoms with Gasteiger partial charge in [0, 0.05) is 24.7 Å². The fourth-order valence-electron chi connectivity index (χ4n) is 2.24. The van der Waals surface area contributed by atoms with E-state index in [2.05, 4.69) is 9.97 Å². The molecule has 1 aliphatic rings. The maximum Gasteiger partial charge on any atom is 0.433 e. The zero-order valence-corrected chi connectivity index (χ0v) is 11.6. The van der Waals surface area contributed by atoms with Gasteiger partial charge in [-0.25, -0.2) is 22.7 Å². The number of halogens is 3. The highest BCUT2D eigenvalue weighted by molar-refractivity contribution is 7.88. The van der Waals surface area contributed by atoms with Crippen molar-refractivity contribution in [3.8, 4) is 0 Å². The lowest BCUT2D eigenvalue weighted by molar-refractivity contribution is -0.141. The average molecular weight is 309 g/mol. The fourth-order valence-corrected chi connectivity index (χ4v) is 3.15. The molecule has 0 N–H and O–H groups in total. The molecule has 0 aliphatic carbocycles. The van der Waals surface area contributed by atoms with Crippen molar-refractivity contribution in [3.63, 3.8) is 0 Å². The highest BCUT2D eigenvalue weighted by Crippen LogP contribution is 2.31. The molecular formula is C11H14F3N3O2S. The fraction of sp³-hybridized carbons (Fsp3) is 0.636. The van der Waals surface area contributed by atoms with Gasteiger partial charge in [-0.2, -0.15) is 13.2 Å². The Morgan fingerprint density at radius 2 is 2.05 bits per heavy atom. The van der Waals surface area contributed by atoms with E-state index >= 15 is 0 Å². The first-order valence-electron chi connectivity index (χ1n) is 6.02. The zero-order valence-electron chi connectivity index (χ0n) is 10.8. The van der Waals surface area contributed by atoms with Gasteiger partial charge in [0.15, 0.2) is 0 Å². The SMILES string of the molecule is CS(=O)(=O)N1CCC[C@@H](c2cc(C(F)(F)F)ncn2)C1. The number of hydrogen-bond acceptors (Lipinski definition) is 4. The Balaban J connectivity index is 2.24. The van der Waals surface area contributed by atoms with E-state index in [-0.39, 0.29) is 18.2 Å². The van der Waals surface area contributed by atoms with Gasteiger partial charge in [-0.3, -0.25) is 0 Å². The maximum absolute atomic E-state index is 12.6. The van der Waals surface area contributed by atoms with Crippen LogP contribution in [0.4, 0.5) is 13.2 Å². The van der Waals surface area contributed by atoms with Crippen LogP contribution < -0.4 is 0 Å². The summed E-state index contributed by atoms with van der Waals surface area (Å²) in [6, 6.07) is 0.899. The summed E-state index contributed by atoms with van der Waals surface area (Å²) >= 11 is 0. The van der Waals surface area contributed by atoms with Crippen LogP contribution in [0.15, 0.2) is 12.4 Å². The summed E-state index contributed by atoms with van der Waals surface area (Å²) < 4.78 is 62.1. The van der Waals surface area contributed by atoms with E-state index in [4.69, 9.17) is 0 Å². The lowest BCUT2D eigenvalue weighted by Gasteiger charge is -2.30. The van der Waals surface area contributed by atoms with Gasteiger partial charge in [0.05, 0.1) is 6.26 Å². The third-order valence-electron chi connectivity index (χ3n) is 3.25. The monoisotopic (exact) mass is 309 g/mol. The number of piperidine rings is 1. The van der Waals surface area contributed by atoms with Crippen molar-refractivity contribution in [1.82, 2.24) is 14.3 Å². The molecule has 0 saturated carbocycles. The van der Waals surface area contributed by atoms with Crippen LogP contribution in [0.3, 0.4) is 0 Å². The lowest BCUT2D eigenvalue weighted by Crippen LogP contribution is -2.38. The molecule has 1 aliphatic heterocycles. The van der Waals surface area contributed by atoms with Crippen molar-refractivity contribution in [2.45, 2.75) is 24.9 Å². The minimum Gasteiger partial charge on any atom is -0.241 e. The first-order valence-corrected chi connectivity index (χ1v) is 7.87. The zero-order chi connectivity index (χ0) is 15.0. The van der Waals surface area contributed by atoms with Crippen LogP contribution in [0.2, 0.25) is 0 Å². The third-order valence-corrected chi connectivity index (χ3v) is 4.52. The molecule has 2 heterocycles. The molecule has 0 amide bonds. The molecule has 9 heteroatoms. The van der Waals surface area contributed by atoms with Gasteiger partial charge in [0.1, 0.15) is 12.0 Å². The van der Waals surface area contributed by atoms with E-state index in [0.29, 0.717) is 19.4 Å². The molecule has 0 aromatic carbocycles. The van der Waals surface area contributed by atoms with E-state index in [1.165, 1.54) is 4.31 Å². The summed E-state index contributed by atoms with van der Waals surface area (Å²) in [4.78, 5) is 7.07. The molecule has 0 unspecified atom stereocenters. The summed E-state index contributed by atoms with van der Waals surface area (Å²) in [5.41, 5.74) is -0.764. The van der Waals surface area contributed by atoms with Gasteiger partial charge in [0.2, 0.25) is 10.0 Å². The number of aromatic nitrogens is 2. The number of sulfonamides is 1. The summed E-state index contributed by atoms with van der Waals surface area (Å²) in [7, 11) is -3.34. The second-order valence-electron chi connectivity index (χ2n) is 4.79. The van der Waals surface area contributed by atoms with Crippen LogP contribution in [0, 0.1) is 0 Å². The molecule has 1 fully saturated rings. The molecule has 1 atom stereocenters. The quantitative estimate of drug-likeness (QED) is 0.833. The van der Waals surface area contributed by atoms with Gasteiger partial charge >= 0.3 is 6.18 Å². The van der Waals surface area contributed by atoms with E-state index < -0.39 is 21.9 Å². The first kappa shape index (κ1) is 15.2. The largest absolute Gasteiger partial charge is 0.433 e. The number of nitrogens with zero attached hydrogens (tertiary/aromatic N) is 3. The van der Waals surface area contributed by atoms with Gasteiger partial charge in [-0.1, -0.05) is 0 Å². The predicted molar refractivity (Wildman–Crippen MR) is 65.4 cm³/mol. The van der Waals surface area contributed by atoms with Crippen molar-refractivity contribution in [2.24, 2.45) is 0 Å². The highest BCUT2D eigenvalue weighted by Gasteiger charge is 2.34. The summed E-state index contributed by atoms with van der Waals surface area (Å²) in [6.45, 7) is 0.555. The molecule has 20 heavy (non-hydrogen) atoms. The molecule has 0 radical (unpaired) electrons. The van der Waals surface area contributed by atoms with Gasteiger partial charge in [-0.15, -0.1) is 0 Å². The summed E-state index contributed by atoms with van der Waals surface area (Å²) in [5.74, 6) is -0.331. The van der Waals surface area contributed by atoms with Crippen molar-refractivity contribution in [3.05, 3.63) is 23.8 Å². The van der Waals surface area contributed by atoms with E-state index in [1.54, 1.807) is 0 Å². The van der Waals surface area contributed by atoms with Crippen molar-refractivity contribution in [1.29, 1.82) is 0 Å². The maximum atomic E-state index is 12.6. The Morgan fingerprint density at radius 3 is 2.65 bits per heavy atom. The van der Waals surface area contributed by atoms with Gasteiger partial charge in [-0.05, 0) is 18.9 Å². The van der Waals surface area contributed by atoms with Crippen molar-refractivity contribution < 1.29 is 21.6 Å². The van der Waals surface area contributed by atoms with Crippen molar-refractivity contribution in [2.75, 3.05) is 19.3 Å². The van der Waals surface area contributed by atoms with Crippen molar-refractivity contribution >= 4 is 10.0 Å². The molecule has 1 aromatic rings. The molecule has 1 saturated heterocycles. The lowest BCUT2D eigenvalue weighted by atomic mass is 9.95. The molecule has 0 spiro atoms. The number of hydrogen-bond donors (Lipinski definition) is 0. The second kappa shape index (κ2) is 5.28. The van der Waals surface area contributed by atoms with Crippen LogP contribution in [0.1, 0.15) is 30.1 Å². The number of rotatable bonds is 2. The van der Waals surface area contributed by atoms with Crippen LogP contribution in [-0.4, -0.2) is 42.0 Å². The minimum atomic E-state index is -4.52. The van der Waals surface area contributed by atoms with Gasteiger partial charge in [0.25, 0.3) is 0 Å². The van der Waals surface area contributed by atoms with Crippen LogP contribution in [0.5, 0.6) is 0 Å². The number of alkyl halides is 3. The van der Waals surface area contributed by atoms with Crippen LogP contribution in [0.25, 0.3) is 0 Å². The Kier molecular flexibility index (Phi) is 4.01. The Hall–Kier alpha value is -1.22. The third kappa shape index (κ3) is 3.45. The predicted octanol–water partition coefficient (Wildman–Crippen LogP) is 1.63. The second-order valence-corrected chi connectivity index (χ2v) is 6.77. The normalized spacial score (nSPS) is 21.9. The summed E-state index contributed by atoms with van der Waals surface area (Å²) in [5, 5.41) is 0. The highest BCUT2D eigenvalue weighted by atomic mass is 32.2. The molecule has 112 valence electrons.